The van der Waals surface area contributed by atoms with Crippen LogP contribution in [0, 0.1) is 0 Å². The van der Waals surface area contributed by atoms with E-state index in [-0.39, 0.29) is 18.4 Å². The van der Waals surface area contributed by atoms with E-state index in [9.17, 15) is 18.0 Å². The van der Waals surface area contributed by atoms with Crippen molar-refractivity contribution in [3.63, 3.8) is 0 Å². The van der Waals surface area contributed by atoms with E-state index >= 15 is 0 Å². The molecule has 1 aliphatic heterocycles. The van der Waals surface area contributed by atoms with Crippen LogP contribution in [0.2, 0.25) is 0 Å². The molecule has 1 fully saturated rings. The van der Waals surface area contributed by atoms with E-state index in [1.54, 1.807) is 18.7 Å². The predicted octanol–water partition coefficient (Wildman–Crippen LogP) is 1.33. The van der Waals surface area contributed by atoms with Crippen LogP contribution in [0.15, 0.2) is 54.7 Å². The zero-order chi connectivity index (χ0) is 27.5. The fourth-order valence-electron chi connectivity index (χ4n) is 4.63. The van der Waals surface area contributed by atoms with E-state index in [1.165, 1.54) is 0 Å². The number of carbonyl (C=O) groups excluding carboxylic acids is 2. The molecule has 1 atom stereocenters. The zero-order valence-corrected chi connectivity index (χ0v) is 22.8. The summed E-state index contributed by atoms with van der Waals surface area (Å²) in [5, 5.41) is 3.90. The van der Waals surface area contributed by atoms with Gasteiger partial charge >= 0.3 is 0 Å². The van der Waals surface area contributed by atoms with Gasteiger partial charge in [-0.1, -0.05) is 36.4 Å². The van der Waals surface area contributed by atoms with Gasteiger partial charge in [0.25, 0.3) is 0 Å². The summed E-state index contributed by atoms with van der Waals surface area (Å²) in [6, 6.07) is 14.7. The van der Waals surface area contributed by atoms with Crippen molar-refractivity contribution in [3.8, 4) is 0 Å². The van der Waals surface area contributed by atoms with Crippen LogP contribution in [0.5, 0.6) is 0 Å². The molecule has 1 unspecified atom stereocenters. The van der Waals surface area contributed by atoms with Gasteiger partial charge in [-0.15, -0.1) is 0 Å². The number of rotatable bonds is 9. The first-order valence-electron chi connectivity index (χ1n) is 12.6. The van der Waals surface area contributed by atoms with E-state index in [0.29, 0.717) is 32.6 Å². The second-order valence-corrected chi connectivity index (χ2v) is 12.2. The number of nitrogens with zero attached hydrogens (tertiary/aromatic N) is 2. The SMILES string of the molecule is CC(C)(N)C(=O)NC(Cc1c[nH]c2ccccc12)C(=O)N1CCN(c2ccccc2CNS(C)(=O)=O)CC1. The number of hydrogen-bond acceptors (Lipinski definition) is 6. The molecule has 3 aromatic rings. The van der Waals surface area contributed by atoms with Crippen molar-refractivity contribution in [1.29, 1.82) is 0 Å². The number of H-pyrrole nitrogens is 1. The maximum Gasteiger partial charge on any atom is 0.245 e. The van der Waals surface area contributed by atoms with Crippen LogP contribution in [0.1, 0.15) is 25.0 Å². The minimum atomic E-state index is -3.32. The average Bonchev–Trinajstić information content (AvgIpc) is 3.28. The van der Waals surface area contributed by atoms with Crippen LogP contribution in [-0.4, -0.2) is 74.1 Å². The fraction of sp³-hybridized carbons (Fsp3) is 0.407. The number of nitrogens with one attached hydrogen (secondary N) is 3. The van der Waals surface area contributed by atoms with E-state index in [1.807, 2.05) is 54.7 Å². The van der Waals surface area contributed by atoms with Crippen molar-refractivity contribution < 1.29 is 18.0 Å². The number of sulfonamides is 1. The highest BCUT2D eigenvalue weighted by Crippen LogP contribution is 2.23. The van der Waals surface area contributed by atoms with Gasteiger partial charge in [0.15, 0.2) is 0 Å². The first kappa shape index (κ1) is 27.6. The van der Waals surface area contributed by atoms with Gasteiger partial charge in [-0.25, -0.2) is 13.1 Å². The molecule has 5 N–H and O–H groups in total. The number of benzene rings is 2. The third-order valence-electron chi connectivity index (χ3n) is 6.74. The topological polar surface area (TPSA) is 141 Å². The number of fused-ring (bicyclic) bond motifs is 1. The number of carbonyl (C=O) groups is 2. The molecule has 4 rings (SSSR count). The normalized spacial score (nSPS) is 15.5. The summed E-state index contributed by atoms with van der Waals surface area (Å²) in [6.45, 7) is 5.53. The van der Waals surface area contributed by atoms with Gasteiger partial charge in [0, 0.05) is 61.9 Å². The average molecular weight is 541 g/mol. The molecule has 2 heterocycles. The number of aromatic amines is 1. The van der Waals surface area contributed by atoms with Crippen molar-refractivity contribution >= 4 is 38.4 Å². The van der Waals surface area contributed by atoms with Crippen LogP contribution in [-0.2, 0) is 32.6 Å². The summed E-state index contributed by atoms with van der Waals surface area (Å²) >= 11 is 0. The monoisotopic (exact) mass is 540 g/mol. The maximum atomic E-state index is 13.7. The van der Waals surface area contributed by atoms with Crippen molar-refractivity contribution in [2.75, 3.05) is 37.3 Å². The third-order valence-corrected chi connectivity index (χ3v) is 7.40. The Bertz CT molecular complexity index is 1400. The molecule has 0 spiro atoms. The molecule has 204 valence electrons. The highest BCUT2D eigenvalue weighted by molar-refractivity contribution is 7.88. The summed E-state index contributed by atoms with van der Waals surface area (Å²) in [4.78, 5) is 33.7. The van der Waals surface area contributed by atoms with Crippen molar-refractivity contribution in [2.24, 2.45) is 5.73 Å². The molecule has 0 saturated carbocycles. The van der Waals surface area contributed by atoms with Crippen molar-refractivity contribution in [3.05, 3.63) is 65.9 Å². The first-order chi connectivity index (χ1) is 17.9. The van der Waals surface area contributed by atoms with Gasteiger partial charge in [0.05, 0.1) is 11.8 Å². The molecule has 0 bridgehead atoms. The summed E-state index contributed by atoms with van der Waals surface area (Å²) in [5.41, 5.74) is 8.62. The van der Waals surface area contributed by atoms with Crippen LogP contribution >= 0.6 is 0 Å². The summed E-state index contributed by atoms with van der Waals surface area (Å²) in [6.07, 6.45) is 3.35. The Morgan fingerprint density at radius 2 is 1.68 bits per heavy atom. The number of para-hydroxylation sites is 2. The van der Waals surface area contributed by atoms with E-state index < -0.39 is 21.6 Å². The fourth-order valence-corrected chi connectivity index (χ4v) is 5.05. The van der Waals surface area contributed by atoms with Gasteiger partial charge < -0.3 is 25.8 Å². The molecule has 2 aromatic carbocycles. The zero-order valence-electron chi connectivity index (χ0n) is 22.0. The number of amides is 2. The third kappa shape index (κ3) is 6.72. The number of nitrogens with two attached hydrogens (primary N) is 1. The molecule has 0 radical (unpaired) electrons. The van der Waals surface area contributed by atoms with Gasteiger partial charge in [-0.2, -0.15) is 0 Å². The predicted molar refractivity (Wildman–Crippen MR) is 149 cm³/mol. The smallest absolute Gasteiger partial charge is 0.245 e. The second kappa shape index (κ2) is 11.1. The number of anilines is 1. The molecule has 1 aromatic heterocycles. The minimum Gasteiger partial charge on any atom is -0.368 e. The number of aromatic nitrogens is 1. The van der Waals surface area contributed by atoms with E-state index in [0.717, 1.165) is 34.0 Å². The first-order valence-corrected chi connectivity index (χ1v) is 14.5. The maximum absolute atomic E-state index is 13.7. The lowest BCUT2D eigenvalue weighted by Crippen LogP contribution is -2.59. The lowest BCUT2D eigenvalue weighted by molar-refractivity contribution is -0.137. The Hall–Kier alpha value is -3.41. The Kier molecular flexibility index (Phi) is 8.10. The highest BCUT2D eigenvalue weighted by Gasteiger charge is 2.33. The van der Waals surface area contributed by atoms with Crippen molar-refractivity contribution in [1.82, 2.24) is 19.9 Å². The van der Waals surface area contributed by atoms with Crippen LogP contribution < -0.4 is 20.7 Å². The Morgan fingerprint density at radius 3 is 2.37 bits per heavy atom. The summed E-state index contributed by atoms with van der Waals surface area (Å²) < 4.78 is 25.7. The molecular formula is C27H36N6O4S. The van der Waals surface area contributed by atoms with E-state index in [2.05, 4.69) is 19.9 Å². The molecular weight excluding hydrogens is 504 g/mol. The molecule has 10 nitrogen and oxygen atoms in total. The minimum absolute atomic E-state index is 0.153. The standard InChI is InChI=1S/C27H36N6O4S/c1-27(2,28)26(35)31-23(16-20-17-29-22-10-6-5-9-21(20)22)25(34)33-14-12-32(13-15-33)24-11-7-4-8-19(24)18-30-38(3,36)37/h4-11,17,23,29-30H,12-16,18,28H2,1-3H3,(H,31,35). The molecule has 1 aliphatic rings. The van der Waals surface area contributed by atoms with Crippen molar-refractivity contribution in [2.45, 2.75) is 38.4 Å². The Labute approximate surface area is 223 Å². The number of hydrogen-bond donors (Lipinski definition) is 4. The largest absolute Gasteiger partial charge is 0.368 e. The van der Waals surface area contributed by atoms with Gasteiger partial charge in [-0.05, 0) is 37.1 Å². The second-order valence-electron chi connectivity index (χ2n) is 10.3. The van der Waals surface area contributed by atoms with Gasteiger partial charge in [-0.3, -0.25) is 9.59 Å². The quantitative estimate of drug-likeness (QED) is 0.323. The van der Waals surface area contributed by atoms with Crippen LogP contribution in [0.25, 0.3) is 10.9 Å². The van der Waals surface area contributed by atoms with Crippen LogP contribution in [0.3, 0.4) is 0 Å². The highest BCUT2D eigenvalue weighted by atomic mass is 32.2. The lowest BCUT2D eigenvalue weighted by atomic mass is 10.0. The summed E-state index contributed by atoms with van der Waals surface area (Å²) in [7, 11) is -3.32. The lowest BCUT2D eigenvalue weighted by Gasteiger charge is -2.38. The number of piperazine rings is 1. The summed E-state index contributed by atoms with van der Waals surface area (Å²) in [5.74, 6) is -0.541. The van der Waals surface area contributed by atoms with Gasteiger partial charge in [0.2, 0.25) is 21.8 Å². The molecule has 38 heavy (non-hydrogen) atoms. The van der Waals surface area contributed by atoms with E-state index in [4.69, 9.17) is 5.73 Å². The molecule has 1 saturated heterocycles. The van der Waals surface area contributed by atoms with Gasteiger partial charge in [0.1, 0.15) is 6.04 Å². The molecule has 11 heteroatoms. The molecule has 0 aliphatic carbocycles. The Balaban J connectivity index is 1.48. The van der Waals surface area contributed by atoms with Crippen LogP contribution in [0.4, 0.5) is 5.69 Å². The Morgan fingerprint density at radius 1 is 1.03 bits per heavy atom. The molecule has 2 amide bonds.